The largest absolute Gasteiger partial charge is 0.506 e. The number of fused-ring (bicyclic) bond motifs is 1. The van der Waals surface area contributed by atoms with Crippen molar-refractivity contribution in [2.24, 2.45) is 9.98 Å². The average Bonchev–Trinajstić information content (AvgIpc) is 2.32. The Morgan fingerprint density at radius 2 is 1.28 bits per heavy atom. The Labute approximate surface area is 103 Å². The third kappa shape index (κ3) is 2.13. The van der Waals surface area contributed by atoms with Gasteiger partial charge in [0.05, 0.1) is 11.4 Å². The molecule has 0 aliphatic rings. The first kappa shape index (κ1) is 12.0. The molecule has 0 bridgehead atoms. The summed E-state index contributed by atoms with van der Waals surface area (Å²) in [6.45, 7) is 0. The highest BCUT2D eigenvalue weighted by molar-refractivity contribution is 5.93. The van der Waals surface area contributed by atoms with E-state index in [1.165, 1.54) is 24.6 Å². The van der Waals surface area contributed by atoms with Gasteiger partial charge in [-0.25, -0.2) is 9.97 Å². The first-order valence-electron chi connectivity index (χ1n) is 5.23. The van der Waals surface area contributed by atoms with E-state index in [4.69, 9.17) is 0 Å². The quantitative estimate of drug-likeness (QED) is 0.775. The highest BCUT2D eigenvalue weighted by Gasteiger charge is 2.10. The van der Waals surface area contributed by atoms with Crippen molar-refractivity contribution < 1.29 is 10.2 Å². The second-order valence-electron chi connectivity index (χ2n) is 3.60. The number of aliphatic imine (C=N–C) groups is 2. The van der Waals surface area contributed by atoms with E-state index < -0.39 is 0 Å². The van der Waals surface area contributed by atoms with Gasteiger partial charge in [0.25, 0.3) is 0 Å². The van der Waals surface area contributed by atoms with Crippen LogP contribution in [0.3, 0.4) is 0 Å². The molecule has 0 atom stereocenters. The fourth-order valence-electron chi connectivity index (χ4n) is 1.60. The standard InChI is InChI=1S/C12H12N4O2/c1-13-5-7-3-9(17)12-11(15-7)10(18)4-8(16-12)6-14-2/h3-6H,1-2H3,(H,15,17)(H,16,18)/b13-5+,14-6+. The van der Waals surface area contributed by atoms with Crippen LogP contribution >= 0.6 is 0 Å². The first-order chi connectivity index (χ1) is 8.65. The Kier molecular flexibility index (Phi) is 3.18. The molecule has 0 unspecified atom stereocenters. The topological polar surface area (TPSA) is 91.0 Å². The Morgan fingerprint density at radius 1 is 0.889 bits per heavy atom. The number of rotatable bonds is 2. The molecule has 0 saturated heterocycles. The maximum absolute atomic E-state index is 9.88. The molecule has 0 spiro atoms. The zero-order chi connectivity index (χ0) is 13.1. The predicted octanol–water partition coefficient (Wildman–Crippen LogP) is 1.14. The van der Waals surface area contributed by atoms with Crippen LogP contribution in [0.4, 0.5) is 0 Å². The van der Waals surface area contributed by atoms with E-state index in [1.807, 2.05) is 0 Å². The van der Waals surface area contributed by atoms with Crippen molar-refractivity contribution >= 4 is 23.5 Å². The summed E-state index contributed by atoms with van der Waals surface area (Å²) in [5.74, 6) is -0.117. The van der Waals surface area contributed by atoms with E-state index in [9.17, 15) is 10.2 Å². The van der Waals surface area contributed by atoms with Crippen LogP contribution in [0.2, 0.25) is 0 Å². The van der Waals surface area contributed by atoms with Gasteiger partial charge in [0.15, 0.2) is 0 Å². The minimum Gasteiger partial charge on any atom is -0.506 e. The molecule has 0 fully saturated rings. The summed E-state index contributed by atoms with van der Waals surface area (Å²) in [7, 11) is 3.20. The molecule has 2 N–H and O–H groups in total. The van der Waals surface area contributed by atoms with Crippen molar-refractivity contribution in [2.45, 2.75) is 0 Å². The van der Waals surface area contributed by atoms with Gasteiger partial charge < -0.3 is 10.2 Å². The third-order valence-corrected chi connectivity index (χ3v) is 2.28. The van der Waals surface area contributed by atoms with Crippen molar-refractivity contribution in [3.63, 3.8) is 0 Å². The third-order valence-electron chi connectivity index (χ3n) is 2.28. The van der Waals surface area contributed by atoms with Crippen LogP contribution in [0.25, 0.3) is 11.0 Å². The van der Waals surface area contributed by atoms with Crippen LogP contribution in [0.5, 0.6) is 11.5 Å². The molecule has 2 aromatic heterocycles. The molecular formula is C12H12N4O2. The number of aromatic nitrogens is 2. The smallest absolute Gasteiger partial charge is 0.145 e. The molecule has 6 nitrogen and oxygen atoms in total. The van der Waals surface area contributed by atoms with Crippen molar-refractivity contribution in [3.05, 3.63) is 23.5 Å². The minimum absolute atomic E-state index is 0.0587. The normalized spacial score (nSPS) is 11.9. The maximum Gasteiger partial charge on any atom is 0.145 e. The lowest BCUT2D eigenvalue weighted by atomic mass is 10.2. The Balaban J connectivity index is 2.75. The SMILES string of the molecule is C/N=C/c1cc(O)c2nc(/C=N/C)cc(O)c2n1. The van der Waals surface area contributed by atoms with Crippen LogP contribution in [0.1, 0.15) is 11.4 Å². The molecule has 2 heterocycles. The van der Waals surface area contributed by atoms with Gasteiger partial charge in [-0.2, -0.15) is 0 Å². The summed E-state index contributed by atoms with van der Waals surface area (Å²) in [5, 5.41) is 19.8. The Bertz CT molecular complexity index is 593. The lowest BCUT2D eigenvalue weighted by Crippen LogP contribution is -1.95. The van der Waals surface area contributed by atoms with E-state index in [0.29, 0.717) is 11.4 Å². The van der Waals surface area contributed by atoms with Crippen molar-refractivity contribution in [2.75, 3.05) is 14.1 Å². The Hall–Kier alpha value is -2.50. The number of pyridine rings is 2. The molecule has 0 amide bonds. The molecular weight excluding hydrogens is 232 g/mol. The number of hydrogen-bond donors (Lipinski definition) is 2. The summed E-state index contributed by atoms with van der Waals surface area (Å²) in [5.41, 5.74) is 1.38. The molecule has 6 heteroatoms. The molecule has 0 saturated carbocycles. The van der Waals surface area contributed by atoms with E-state index in [-0.39, 0.29) is 22.5 Å². The van der Waals surface area contributed by atoms with Crippen molar-refractivity contribution in [1.82, 2.24) is 9.97 Å². The molecule has 0 radical (unpaired) electrons. The summed E-state index contributed by atoms with van der Waals surface area (Å²) in [6, 6.07) is 2.88. The van der Waals surface area contributed by atoms with E-state index in [1.54, 1.807) is 14.1 Å². The van der Waals surface area contributed by atoms with E-state index in [0.717, 1.165) is 0 Å². The van der Waals surface area contributed by atoms with Gasteiger partial charge in [0.2, 0.25) is 0 Å². The lowest BCUT2D eigenvalue weighted by molar-refractivity contribution is 0.472. The van der Waals surface area contributed by atoms with Gasteiger partial charge >= 0.3 is 0 Å². The minimum atomic E-state index is -0.0587. The molecule has 92 valence electrons. The highest BCUT2D eigenvalue weighted by atomic mass is 16.3. The first-order valence-corrected chi connectivity index (χ1v) is 5.23. The van der Waals surface area contributed by atoms with E-state index in [2.05, 4.69) is 20.0 Å². The van der Waals surface area contributed by atoms with Crippen molar-refractivity contribution in [1.29, 1.82) is 0 Å². The fourth-order valence-corrected chi connectivity index (χ4v) is 1.60. The molecule has 0 aromatic carbocycles. The number of aromatic hydroxyl groups is 2. The van der Waals surface area contributed by atoms with Crippen LogP contribution in [-0.4, -0.2) is 46.7 Å². The van der Waals surface area contributed by atoms with Crippen LogP contribution < -0.4 is 0 Å². The average molecular weight is 244 g/mol. The highest BCUT2D eigenvalue weighted by Crippen LogP contribution is 2.28. The zero-order valence-corrected chi connectivity index (χ0v) is 9.99. The van der Waals surface area contributed by atoms with Gasteiger partial charge in [-0.3, -0.25) is 9.98 Å². The summed E-state index contributed by atoms with van der Waals surface area (Å²) >= 11 is 0. The van der Waals surface area contributed by atoms with Gasteiger partial charge in [-0.1, -0.05) is 0 Å². The summed E-state index contributed by atoms with van der Waals surface area (Å²) < 4.78 is 0. The van der Waals surface area contributed by atoms with Gasteiger partial charge in [-0.05, 0) is 0 Å². The molecule has 0 aliphatic carbocycles. The second-order valence-corrected chi connectivity index (χ2v) is 3.60. The molecule has 2 aromatic rings. The predicted molar refractivity (Wildman–Crippen MR) is 69.9 cm³/mol. The van der Waals surface area contributed by atoms with Crippen LogP contribution in [0, 0.1) is 0 Å². The van der Waals surface area contributed by atoms with Gasteiger partial charge in [0.1, 0.15) is 22.5 Å². The summed E-state index contributed by atoms with van der Waals surface area (Å²) in [4.78, 5) is 15.9. The molecule has 0 aliphatic heterocycles. The van der Waals surface area contributed by atoms with Gasteiger partial charge in [0, 0.05) is 38.7 Å². The Morgan fingerprint density at radius 3 is 1.61 bits per heavy atom. The van der Waals surface area contributed by atoms with Gasteiger partial charge in [-0.15, -0.1) is 0 Å². The van der Waals surface area contributed by atoms with E-state index >= 15 is 0 Å². The lowest BCUT2D eigenvalue weighted by Gasteiger charge is -2.05. The monoisotopic (exact) mass is 244 g/mol. The second kappa shape index (κ2) is 4.79. The van der Waals surface area contributed by atoms with Crippen LogP contribution in [-0.2, 0) is 0 Å². The number of nitrogens with zero attached hydrogens (tertiary/aromatic N) is 4. The fraction of sp³-hybridized carbons (Fsp3) is 0.167. The van der Waals surface area contributed by atoms with Crippen LogP contribution in [0.15, 0.2) is 22.1 Å². The molecule has 18 heavy (non-hydrogen) atoms. The zero-order valence-electron chi connectivity index (χ0n) is 9.99. The van der Waals surface area contributed by atoms with Crippen molar-refractivity contribution in [3.8, 4) is 11.5 Å². The number of hydrogen-bond acceptors (Lipinski definition) is 6. The maximum atomic E-state index is 9.88. The summed E-state index contributed by atoms with van der Waals surface area (Å²) in [6.07, 6.45) is 2.97. The molecule has 2 rings (SSSR count).